The molecule has 1 aliphatic carbocycles. The minimum Gasteiger partial charge on any atom is -0.493 e. The molecule has 2 rings (SSSR count). The maximum Gasteiger partial charge on any atom is 0.165 e. The van der Waals surface area contributed by atoms with Crippen LogP contribution in [0.4, 0.5) is 0 Å². The lowest BCUT2D eigenvalue weighted by Crippen LogP contribution is -2.19. The Kier molecular flexibility index (Phi) is 5.48. The van der Waals surface area contributed by atoms with E-state index in [9.17, 15) is 0 Å². The highest BCUT2D eigenvalue weighted by Crippen LogP contribution is 2.35. The predicted molar refractivity (Wildman–Crippen MR) is 74.8 cm³/mol. The molecule has 0 unspecified atom stereocenters. The van der Waals surface area contributed by atoms with Gasteiger partial charge in [-0.3, -0.25) is 0 Å². The van der Waals surface area contributed by atoms with Gasteiger partial charge in [0.1, 0.15) is 0 Å². The van der Waals surface area contributed by atoms with Crippen LogP contribution in [0.1, 0.15) is 18.4 Å². The van der Waals surface area contributed by atoms with Crippen molar-refractivity contribution in [2.24, 2.45) is 5.92 Å². The average molecular weight is 265 g/mol. The average Bonchev–Trinajstić information content (AvgIpc) is 3.25. The first-order valence-electron chi connectivity index (χ1n) is 6.83. The van der Waals surface area contributed by atoms with E-state index in [1.807, 2.05) is 12.1 Å². The van der Waals surface area contributed by atoms with Crippen molar-refractivity contribution < 1.29 is 14.2 Å². The number of rotatable bonds is 9. The van der Waals surface area contributed by atoms with Crippen molar-refractivity contribution in [1.29, 1.82) is 0 Å². The normalized spacial score (nSPS) is 14.4. The molecule has 1 aromatic rings. The zero-order chi connectivity index (χ0) is 13.5. The first-order chi connectivity index (χ1) is 9.35. The van der Waals surface area contributed by atoms with Crippen LogP contribution < -0.4 is 14.8 Å². The SMILES string of the molecule is COCCNCc1cccc(OC)c1OCC1CC1. The number of nitrogens with one attached hydrogen (secondary N) is 1. The molecule has 1 N–H and O–H groups in total. The molecule has 0 aromatic heterocycles. The smallest absolute Gasteiger partial charge is 0.165 e. The summed E-state index contributed by atoms with van der Waals surface area (Å²) in [6.07, 6.45) is 2.58. The molecule has 0 heterocycles. The van der Waals surface area contributed by atoms with Gasteiger partial charge < -0.3 is 19.5 Å². The molecule has 0 spiro atoms. The van der Waals surface area contributed by atoms with Gasteiger partial charge in [0.25, 0.3) is 0 Å². The zero-order valence-corrected chi connectivity index (χ0v) is 11.8. The molecule has 4 heteroatoms. The highest BCUT2D eigenvalue weighted by Gasteiger charge is 2.23. The third kappa shape index (κ3) is 4.40. The van der Waals surface area contributed by atoms with Crippen LogP contribution in [0.5, 0.6) is 11.5 Å². The second kappa shape index (κ2) is 7.36. The summed E-state index contributed by atoms with van der Waals surface area (Å²) in [5, 5.41) is 3.34. The van der Waals surface area contributed by atoms with Gasteiger partial charge in [0.2, 0.25) is 0 Å². The summed E-state index contributed by atoms with van der Waals surface area (Å²) in [5.41, 5.74) is 1.14. The predicted octanol–water partition coefficient (Wildman–Crippen LogP) is 2.22. The molecule has 19 heavy (non-hydrogen) atoms. The van der Waals surface area contributed by atoms with Gasteiger partial charge in [-0.05, 0) is 24.8 Å². The Morgan fingerprint density at radius 1 is 1.26 bits per heavy atom. The fourth-order valence-corrected chi connectivity index (χ4v) is 1.91. The number of hydrogen-bond acceptors (Lipinski definition) is 4. The summed E-state index contributed by atoms with van der Waals surface area (Å²) < 4.78 is 16.4. The van der Waals surface area contributed by atoms with Gasteiger partial charge in [-0.15, -0.1) is 0 Å². The summed E-state index contributed by atoms with van der Waals surface area (Å²) in [4.78, 5) is 0. The largest absolute Gasteiger partial charge is 0.493 e. The van der Waals surface area contributed by atoms with Gasteiger partial charge >= 0.3 is 0 Å². The lowest BCUT2D eigenvalue weighted by molar-refractivity contribution is 0.199. The zero-order valence-electron chi connectivity index (χ0n) is 11.8. The van der Waals surface area contributed by atoms with Crippen molar-refractivity contribution in [3.8, 4) is 11.5 Å². The van der Waals surface area contributed by atoms with E-state index < -0.39 is 0 Å². The van der Waals surface area contributed by atoms with Crippen LogP contribution in [0.25, 0.3) is 0 Å². The molecular formula is C15H23NO3. The molecule has 0 radical (unpaired) electrons. The first-order valence-corrected chi connectivity index (χ1v) is 6.83. The number of methoxy groups -OCH3 is 2. The summed E-state index contributed by atoms with van der Waals surface area (Å²) in [6.45, 7) is 3.10. The van der Waals surface area contributed by atoms with Crippen molar-refractivity contribution in [2.75, 3.05) is 34.0 Å². The van der Waals surface area contributed by atoms with E-state index >= 15 is 0 Å². The first kappa shape index (κ1) is 14.2. The van der Waals surface area contributed by atoms with Gasteiger partial charge in [-0.2, -0.15) is 0 Å². The molecule has 106 valence electrons. The van der Waals surface area contributed by atoms with Crippen molar-refractivity contribution in [3.63, 3.8) is 0 Å². The van der Waals surface area contributed by atoms with E-state index in [1.165, 1.54) is 12.8 Å². The molecule has 1 aromatic carbocycles. The number of ether oxygens (including phenoxy) is 3. The highest BCUT2D eigenvalue weighted by molar-refractivity contribution is 5.46. The van der Waals surface area contributed by atoms with E-state index in [2.05, 4.69) is 11.4 Å². The number of para-hydroxylation sites is 1. The van der Waals surface area contributed by atoms with Crippen LogP contribution >= 0.6 is 0 Å². The van der Waals surface area contributed by atoms with E-state index in [0.717, 1.165) is 42.7 Å². The Bertz CT molecular complexity index is 391. The molecule has 4 nitrogen and oxygen atoms in total. The summed E-state index contributed by atoms with van der Waals surface area (Å²) in [7, 11) is 3.39. The minimum absolute atomic E-state index is 0.711. The van der Waals surface area contributed by atoms with Crippen LogP contribution in [0.15, 0.2) is 18.2 Å². The Morgan fingerprint density at radius 2 is 2.11 bits per heavy atom. The molecule has 0 bridgehead atoms. The Hall–Kier alpha value is -1.26. The van der Waals surface area contributed by atoms with Crippen LogP contribution in [0, 0.1) is 5.92 Å². The fourth-order valence-electron chi connectivity index (χ4n) is 1.91. The van der Waals surface area contributed by atoms with Gasteiger partial charge in [0.05, 0.1) is 20.3 Å². The van der Waals surface area contributed by atoms with Crippen LogP contribution in [0.3, 0.4) is 0 Å². The van der Waals surface area contributed by atoms with E-state index in [1.54, 1.807) is 14.2 Å². The van der Waals surface area contributed by atoms with Gasteiger partial charge in [-0.25, -0.2) is 0 Å². The highest BCUT2D eigenvalue weighted by atomic mass is 16.5. The Morgan fingerprint density at radius 3 is 2.79 bits per heavy atom. The van der Waals surface area contributed by atoms with Gasteiger partial charge in [0, 0.05) is 25.8 Å². The van der Waals surface area contributed by atoms with Crippen LogP contribution in [-0.2, 0) is 11.3 Å². The third-order valence-electron chi connectivity index (χ3n) is 3.24. The van der Waals surface area contributed by atoms with Crippen molar-refractivity contribution in [2.45, 2.75) is 19.4 Å². The summed E-state index contributed by atoms with van der Waals surface area (Å²) in [5.74, 6) is 2.42. The lowest BCUT2D eigenvalue weighted by atomic mass is 10.2. The molecule has 0 aliphatic heterocycles. The molecule has 0 atom stereocenters. The molecule has 1 fully saturated rings. The fraction of sp³-hybridized carbons (Fsp3) is 0.600. The second-order valence-corrected chi connectivity index (χ2v) is 4.87. The van der Waals surface area contributed by atoms with E-state index in [-0.39, 0.29) is 0 Å². The third-order valence-corrected chi connectivity index (χ3v) is 3.24. The summed E-state index contributed by atoms with van der Waals surface area (Å²) >= 11 is 0. The maximum absolute atomic E-state index is 5.94. The van der Waals surface area contributed by atoms with E-state index in [4.69, 9.17) is 14.2 Å². The molecular weight excluding hydrogens is 242 g/mol. The van der Waals surface area contributed by atoms with Gasteiger partial charge in [0.15, 0.2) is 11.5 Å². The van der Waals surface area contributed by atoms with Crippen LogP contribution in [0.2, 0.25) is 0 Å². The monoisotopic (exact) mass is 265 g/mol. The molecule has 0 saturated heterocycles. The maximum atomic E-state index is 5.94. The second-order valence-electron chi connectivity index (χ2n) is 4.87. The van der Waals surface area contributed by atoms with E-state index in [0.29, 0.717) is 6.61 Å². The quantitative estimate of drug-likeness (QED) is 0.695. The van der Waals surface area contributed by atoms with Gasteiger partial charge in [-0.1, -0.05) is 12.1 Å². The molecule has 0 amide bonds. The Balaban J connectivity index is 1.97. The molecule has 1 saturated carbocycles. The van der Waals surface area contributed by atoms with Crippen LogP contribution in [-0.4, -0.2) is 34.0 Å². The number of hydrogen-bond donors (Lipinski definition) is 1. The summed E-state index contributed by atoms with van der Waals surface area (Å²) in [6, 6.07) is 6.02. The standard InChI is InChI=1S/C15H23NO3/c1-17-9-8-16-10-13-4-3-5-14(18-2)15(13)19-11-12-6-7-12/h3-5,12,16H,6-11H2,1-2H3. The minimum atomic E-state index is 0.711. The Labute approximate surface area is 115 Å². The number of benzene rings is 1. The molecule has 1 aliphatic rings. The van der Waals surface area contributed by atoms with Crippen molar-refractivity contribution >= 4 is 0 Å². The van der Waals surface area contributed by atoms with Crippen molar-refractivity contribution in [1.82, 2.24) is 5.32 Å². The topological polar surface area (TPSA) is 39.7 Å². The van der Waals surface area contributed by atoms with Crippen molar-refractivity contribution in [3.05, 3.63) is 23.8 Å². The lowest BCUT2D eigenvalue weighted by Gasteiger charge is -2.15.